The van der Waals surface area contributed by atoms with Crippen LogP contribution in [0, 0.1) is 23.2 Å². The molecule has 172 valence electrons. The minimum Gasteiger partial charge on any atom is -0.492 e. The maximum atomic E-state index is 12.8. The van der Waals surface area contributed by atoms with Crippen molar-refractivity contribution in [3.63, 3.8) is 0 Å². The Morgan fingerprint density at radius 3 is 2.71 bits per heavy atom. The first kappa shape index (κ1) is 22.2. The summed E-state index contributed by atoms with van der Waals surface area (Å²) in [6, 6.07) is 1.89. The third-order valence-electron chi connectivity index (χ3n) is 7.19. The number of nitrogens with zero attached hydrogens (tertiary/aromatic N) is 2. The number of rotatable bonds is 6. The van der Waals surface area contributed by atoms with Gasteiger partial charge < -0.3 is 19.5 Å². The first-order valence-electron chi connectivity index (χ1n) is 10.9. The lowest BCUT2D eigenvalue weighted by molar-refractivity contribution is -0.184. The van der Waals surface area contributed by atoms with E-state index in [2.05, 4.69) is 9.88 Å². The summed E-state index contributed by atoms with van der Waals surface area (Å²) < 4.78 is 50.2. The van der Waals surface area contributed by atoms with Gasteiger partial charge in [-0.05, 0) is 44.9 Å². The minimum absolute atomic E-state index is 0.00650. The molecule has 3 atom stereocenters. The van der Waals surface area contributed by atoms with Crippen LogP contribution in [0.25, 0.3) is 0 Å². The minimum atomic E-state index is -4.09. The number of carboxylic acid groups (broad SMARTS) is 1. The fraction of sp³-hybridized carbons (Fsp3) is 0.727. The smallest absolute Gasteiger partial charge is 0.391 e. The van der Waals surface area contributed by atoms with Crippen molar-refractivity contribution in [2.75, 3.05) is 31.2 Å². The fourth-order valence-electron chi connectivity index (χ4n) is 4.87. The molecule has 3 aliphatic rings. The summed E-state index contributed by atoms with van der Waals surface area (Å²) in [4.78, 5) is 17.8. The topological polar surface area (TPSA) is 71.9 Å². The van der Waals surface area contributed by atoms with Crippen LogP contribution in [0.4, 0.5) is 18.9 Å². The number of halogens is 3. The van der Waals surface area contributed by atoms with Crippen LogP contribution < -0.4 is 9.64 Å². The van der Waals surface area contributed by atoms with Gasteiger partial charge >= 0.3 is 12.1 Å². The molecule has 0 radical (unpaired) electrons. The highest BCUT2D eigenvalue weighted by atomic mass is 19.4. The van der Waals surface area contributed by atoms with Crippen molar-refractivity contribution in [2.45, 2.75) is 51.3 Å². The molecule has 0 spiro atoms. The van der Waals surface area contributed by atoms with E-state index < -0.39 is 23.5 Å². The number of aromatic nitrogens is 1. The van der Waals surface area contributed by atoms with Crippen LogP contribution in [0.1, 0.15) is 39.0 Å². The van der Waals surface area contributed by atoms with Gasteiger partial charge in [0, 0.05) is 25.1 Å². The molecule has 1 saturated heterocycles. The Hall–Kier alpha value is -2.03. The highest BCUT2D eigenvalue weighted by molar-refractivity contribution is 5.78. The first-order valence-corrected chi connectivity index (χ1v) is 10.9. The molecule has 2 aliphatic carbocycles. The zero-order valence-corrected chi connectivity index (χ0v) is 17.6. The second-order valence-corrected chi connectivity index (χ2v) is 9.34. The van der Waals surface area contributed by atoms with E-state index in [1.165, 1.54) is 0 Å². The van der Waals surface area contributed by atoms with Crippen LogP contribution in [-0.4, -0.2) is 54.6 Å². The lowest BCUT2D eigenvalue weighted by Crippen LogP contribution is -2.44. The van der Waals surface area contributed by atoms with Crippen LogP contribution in [0.2, 0.25) is 0 Å². The van der Waals surface area contributed by atoms with Crippen LogP contribution in [0.5, 0.6) is 5.75 Å². The summed E-state index contributed by atoms with van der Waals surface area (Å²) in [6.07, 6.45) is 1.13. The van der Waals surface area contributed by atoms with Crippen molar-refractivity contribution in [3.05, 3.63) is 18.5 Å². The molecule has 2 unspecified atom stereocenters. The number of alkyl halides is 3. The molecule has 2 saturated carbocycles. The van der Waals surface area contributed by atoms with Gasteiger partial charge in [0.15, 0.2) is 0 Å². The summed E-state index contributed by atoms with van der Waals surface area (Å²) >= 11 is 0. The molecule has 4 rings (SSSR count). The molecule has 9 heteroatoms. The molecule has 31 heavy (non-hydrogen) atoms. The maximum absolute atomic E-state index is 12.8. The van der Waals surface area contributed by atoms with Crippen LogP contribution in [0.3, 0.4) is 0 Å². The second kappa shape index (κ2) is 8.48. The molecule has 1 aliphatic heterocycles. The number of ether oxygens (including phenoxy) is 2. The number of carbonyl (C=O) groups is 1. The summed E-state index contributed by atoms with van der Waals surface area (Å²) in [5.74, 6) is -1.23. The highest BCUT2D eigenvalue weighted by Crippen LogP contribution is 2.55. The first-order chi connectivity index (χ1) is 14.7. The zero-order chi connectivity index (χ0) is 22.2. The molecule has 6 nitrogen and oxygen atoms in total. The number of morpholine rings is 1. The fourth-order valence-corrected chi connectivity index (χ4v) is 4.87. The zero-order valence-electron chi connectivity index (χ0n) is 17.6. The predicted octanol–water partition coefficient (Wildman–Crippen LogP) is 4.15. The highest BCUT2D eigenvalue weighted by Gasteiger charge is 2.60. The Balaban J connectivity index is 1.30. The van der Waals surface area contributed by atoms with E-state index in [-0.39, 0.29) is 30.8 Å². The van der Waals surface area contributed by atoms with Crippen molar-refractivity contribution in [2.24, 2.45) is 23.2 Å². The number of hydrogen-bond acceptors (Lipinski definition) is 5. The van der Waals surface area contributed by atoms with E-state index in [4.69, 9.17) is 9.47 Å². The Kier molecular flexibility index (Phi) is 6.07. The molecule has 1 N–H and O–H groups in total. The molecule has 1 aromatic rings. The van der Waals surface area contributed by atoms with Gasteiger partial charge in [0.25, 0.3) is 0 Å². The Labute approximate surface area is 179 Å². The molecule has 3 fully saturated rings. The van der Waals surface area contributed by atoms with E-state index >= 15 is 0 Å². The van der Waals surface area contributed by atoms with Crippen molar-refractivity contribution in [1.29, 1.82) is 0 Å². The molecule has 0 amide bonds. The third-order valence-corrected chi connectivity index (χ3v) is 7.19. The van der Waals surface area contributed by atoms with Gasteiger partial charge in [0.1, 0.15) is 5.75 Å². The number of aliphatic carboxylic acids is 1. The molecule has 0 aromatic carbocycles. The van der Waals surface area contributed by atoms with Crippen molar-refractivity contribution >= 4 is 11.7 Å². The largest absolute Gasteiger partial charge is 0.492 e. The summed E-state index contributed by atoms with van der Waals surface area (Å²) in [5.41, 5.74) is 0.173. The quantitative estimate of drug-likeness (QED) is 0.714. The third kappa shape index (κ3) is 4.91. The SMILES string of the molecule is CC1(C(=O)O)CC1[C@H]1CN(c2cncc(OC[C@H]3CC[C@H](C(F)(F)F)CC3)c2)CCO1. The Bertz CT molecular complexity index is 797. The standard InChI is InChI=1S/C22H29F3N2O4/c1-21(20(28)29)9-18(21)19-12-27(6-7-30-19)16-8-17(11-26-10-16)31-13-14-2-4-15(5-3-14)22(23,24)25/h8,10-11,14-15,18-19H,2-7,9,12-13H2,1H3,(H,28,29)/t14-,15-,18?,19-,21?/m1/s1. The molecular formula is C22H29F3N2O4. The van der Waals surface area contributed by atoms with Crippen molar-refractivity contribution in [3.8, 4) is 5.75 Å². The molecule has 0 bridgehead atoms. The summed E-state index contributed by atoms with van der Waals surface area (Å²) in [7, 11) is 0. The summed E-state index contributed by atoms with van der Waals surface area (Å²) in [5, 5.41) is 9.40. The summed E-state index contributed by atoms with van der Waals surface area (Å²) in [6.45, 7) is 3.95. The van der Waals surface area contributed by atoms with Crippen LogP contribution in [-0.2, 0) is 9.53 Å². The average Bonchev–Trinajstić information content (AvgIpc) is 3.46. The van der Waals surface area contributed by atoms with Gasteiger partial charge in [-0.15, -0.1) is 0 Å². The van der Waals surface area contributed by atoms with Crippen LogP contribution in [0.15, 0.2) is 18.5 Å². The van der Waals surface area contributed by atoms with E-state index in [1.807, 2.05) is 6.07 Å². The lowest BCUT2D eigenvalue weighted by Gasteiger charge is -2.35. The number of carboxylic acids is 1. The van der Waals surface area contributed by atoms with Crippen LogP contribution >= 0.6 is 0 Å². The van der Waals surface area contributed by atoms with Gasteiger partial charge in [-0.25, -0.2) is 0 Å². The van der Waals surface area contributed by atoms with Gasteiger partial charge in [-0.3, -0.25) is 9.78 Å². The lowest BCUT2D eigenvalue weighted by atomic mass is 9.82. The van der Waals surface area contributed by atoms with Gasteiger partial charge in [0.05, 0.1) is 48.7 Å². The molecular weight excluding hydrogens is 413 g/mol. The Morgan fingerprint density at radius 1 is 1.32 bits per heavy atom. The number of hydrogen-bond donors (Lipinski definition) is 1. The van der Waals surface area contributed by atoms with Gasteiger partial charge in [-0.2, -0.15) is 13.2 Å². The molecule has 1 aromatic heterocycles. The van der Waals surface area contributed by atoms with E-state index in [9.17, 15) is 23.1 Å². The van der Waals surface area contributed by atoms with E-state index in [0.29, 0.717) is 51.3 Å². The van der Waals surface area contributed by atoms with Gasteiger partial charge in [-0.1, -0.05) is 0 Å². The predicted molar refractivity (Wildman–Crippen MR) is 107 cm³/mol. The van der Waals surface area contributed by atoms with E-state index in [0.717, 1.165) is 5.69 Å². The molecule has 2 heterocycles. The normalized spacial score (nSPS) is 33.7. The average molecular weight is 442 g/mol. The maximum Gasteiger partial charge on any atom is 0.391 e. The van der Waals surface area contributed by atoms with Crippen molar-refractivity contribution in [1.82, 2.24) is 4.98 Å². The monoisotopic (exact) mass is 442 g/mol. The number of anilines is 1. The number of pyridine rings is 1. The Morgan fingerprint density at radius 2 is 2.06 bits per heavy atom. The second-order valence-electron chi connectivity index (χ2n) is 9.34. The van der Waals surface area contributed by atoms with E-state index in [1.54, 1.807) is 19.3 Å². The van der Waals surface area contributed by atoms with Gasteiger partial charge in [0.2, 0.25) is 0 Å². The van der Waals surface area contributed by atoms with Crippen molar-refractivity contribution < 1.29 is 32.5 Å².